The van der Waals surface area contributed by atoms with E-state index in [1.807, 2.05) is 4.90 Å². The lowest BCUT2D eigenvalue weighted by Crippen LogP contribution is -2.38. The number of pyridine rings is 1. The second kappa shape index (κ2) is 7.15. The average Bonchev–Trinajstić information content (AvgIpc) is 3.07. The van der Waals surface area contributed by atoms with Crippen LogP contribution in [0.1, 0.15) is 36.5 Å². The predicted molar refractivity (Wildman–Crippen MR) is 110 cm³/mol. The fraction of sp³-hybridized carbons (Fsp3) is 0.476. The van der Waals surface area contributed by atoms with Crippen LogP contribution in [0.25, 0.3) is 16.6 Å². The van der Waals surface area contributed by atoms with Crippen LogP contribution in [0.5, 0.6) is 0 Å². The molecule has 142 valence electrons. The number of carbonyl (C=O) groups excluding carboxylic acids is 1. The number of fused-ring (bicyclic) bond motifs is 3. The summed E-state index contributed by atoms with van der Waals surface area (Å²) in [6.07, 6.45) is 2.21. The fourth-order valence-corrected chi connectivity index (χ4v) is 4.59. The smallest absolute Gasteiger partial charge is 0.233 e. The van der Waals surface area contributed by atoms with E-state index in [4.69, 9.17) is 0 Å². The van der Waals surface area contributed by atoms with Crippen molar-refractivity contribution in [3.05, 3.63) is 34.9 Å². The third-order valence-electron chi connectivity index (χ3n) is 5.70. The normalized spacial score (nSPS) is 15.8. The Morgan fingerprint density at radius 1 is 1.07 bits per heavy atom. The van der Waals surface area contributed by atoms with Crippen LogP contribution >= 0.6 is 11.8 Å². The van der Waals surface area contributed by atoms with E-state index in [1.165, 1.54) is 28.3 Å². The summed E-state index contributed by atoms with van der Waals surface area (Å²) in [5.74, 6) is 1.34. The monoisotopic (exact) mass is 382 g/mol. The van der Waals surface area contributed by atoms with Crippen molar-refractivity contribution in [2.45, 2.75) is 45.7 Å². The average molecular weight is 383 g/mol. The maximum absolute atomic E-state index is 12.6. The molecule has 1 aliphatic rings. The van der Waals surface area contributed by atoms with Gasteiger partial charge in [0.05, 0.1) is 11.3 Å². The molecule has 0 atom stereocenters. The second-order valence-corrected chi connectivity index (χ2v) is 8.76. The van der Waals surface area contributed by atoms with Gasteiger partial charge < -0.3 is 4.90 Å². The van der Waals surface area contributed by atoms with Crippen molar-refractivity contribution in [2.24, 2.45) is 5.92 Å². The summed E-state index contributed by atoms with van der Waals surface area (Å²) in [6, 6.07) is 6.57. The highest BCUT2D eigenvalue weighted by Crippen LogP contribution is 2.28. The van der Waals surface area contributed by atoms with Gasteiger partial charge in [0.1, 0.15) is 0 Å². The van der Waals surface area contributed by atoms with Crippen molar-refractivity contribution in [3.8, 4) is 0 Å². The van der Waals surface area contributed by atoms with Gasteiger partial charge in [0, 0.05) is 13.1 Å². The number of piperidine rings is 1. The molecule has 1 fully saturated rings. The first-order valence-electron chi connectivity index (χ1n) is 9.60. The molecule has 4 rings (SSSR count). The number of hydrogen-bond acceptors (Lipinski definition) is 4. The van der Waals surface area contributed by atoms with Crippen molar-refractivity contribution < 1.29 is 4.79 Å². The molecule has 0 radical (unpaired) electrons. The van der Waals surface area contributed by atoms with Crippen LogP contribution in [0.4, 0.5) is 0 Å². The van der Waals surface area contributed by atoms with Crippen LogP contribution in [0, 0.1) is 26.7 Å². The van der Waals surface area contributed by atoms with Crippen LogP contribution in [0.2, 0.25) is 0 Å². The zero-order valence-corrected chi connectivity index (χ0v) is 17.3. The van der Waals surface area contributed by atoms with Gasteiger partial charge in [-0.25, -0.2) is 0 Å². The lowest BCUT2D eigenvalue weighted by Gasteiger charge is -2.30. The van der Waals surface area contributed by atoms with E-state index in [1.54, 1.807) is 0 Å². The molecule has 0 aliphatic carbocycles. The Hall–Kier alpha value is -2.08. The molecule has 27 heavy (non-hydrogen) atoms. The number of aryl methyl sites for hydroxylation is 3. The molecule has 1 aliphatic heterocycles. The second-order valence-electron chi connectivity index (χ2n) is 7.82. The molecular weight excluding hydrogens is 356 g/mol. The zero-order valence-electron chi connectivity index (χ0n) is 16.5. The predicted octanol–water partition coefficient (Wildman–Crippen LogP) is 4.16. The number of likely N-dealkylation sites (tertiary alicyclic amines) is 1. The van der Waals surface area contributed by atoms with Crippen LogP contribution in [0.3, 0.4) is 0 Å². The van der Waals surface area contributed by atoms with E-state index in [9.17, 15) is 4.79 Å². The first-order valence-corrected chi connectivity index (χ1v) is 10.6. The van der Waals surface area contributed by atoms with Crippen LogP contribution < -0.4 is 0 Å². The quantitative estimate of drug-likeness (QED) is 0.638. The summed E-state index contributed by atoms with van der Waals surface area (Å²) in [5, 5.41) is 10.8. The molecule has 0 unspecified atom stereocenters. The number of hydrogen-bond donors (Lipinski definition) is 0. The van der Waals surface area contributed by atoms with E-state index in [-0.39, 0.29) is 5.91 Å². The first-order chi connectivity index (χ1) is 12.9. The highest BCUT2D eigenvalue weighted by atomic mass is 32.2. The van der Waals surface area contributed by atoms with E-state index in [0.717, 1.165) is 53.7 Å². The molecule has 0 N–H and O–H groups in total. The van der Waals surface area contributed by atoms with Crippen molar-refractivity contribution >= 4 is 34.2 Å². The number of aromatic nitrogens is 3. The summed E-state index contributed by atoms with van der Waals surface area (Å²) in [4.78, 5) is 14.6. The molecule has 3 aromatic rings. The number of amides is 1. The van der Waals surface area contributed by atoms with Gasteiger partial charge in [-0.05, 0) is 79.8 Å². The van der Waals surface area contributed by atoms with Crippen LogP contribution in [-0.4, -0.2) is 44.2 Å². The van der Waals surface area contributed by atoms with Crippen molar-refractivity contribution in [2.75, 3.05) is 18.8 Å². The molecule has 0 spiro atoms. The Labute approximate surface area is 164 Å². The fourth-order valence-electron chi connectivity index (χ4n) is 3.74. The van der Waals surface area contributed by atoms with Crippen molar-refractivity contribution in [3.63, 3.8) is 0 Å². The third-order valence-corrected chi connectivity index (χ3v) is 6.62. The van der Waals surface area contributed by atoms with Crippen molar-refractivity contribution in [1.29, 1.82) is 0 Å². The minimum atomic E-state index is 0.202. The molecule has 1 aromatic carbocycles. The molecule has 0 bridgehead atoms. The van der Waals surface area contributed by atoms with Gasteiger partial charge in [-0.2, -0.15) is 0 Å². The number of benzene rings is 1. The summed E-state index contributed by atoms with van der Waals surface area (Å²) in [7, 11) is 0. The van der Waals surface area contributed by atoms with Gasteiger partial charge in [0.15, 0.2) is 10.8 Å². The number of thioether (sulfide) groups is 1. The topological polar surface area (TPSA) is 50.5 Å². The Bertz CT molecular complexity index is 1020. The standard InChI is InChI=1S/C21H26N4OS/c1-13-5-7-24(8-6-13)19(26)12-27-21-23-22-20-16(4)10-17-9-14(2)15(3)11-18(17)25(20)21/h9-11,13H,5-8,12H2,1-4H3. The molecule has 5 nitrogen and oxygen atoms in total. The Kier molecular flexibility index (Phi) is 4.84. The maximum Gasteiger partial charge on any atom is 0.233 e. The lowest BCUT2D eigenvalue weighted by molar-refractivity contribution is -0.129. The molecule has 6 heteroatoms. The molecule has 0 saturated carbocycles. The summed E-state index contributed by atoms with van der Waals surface area (Å²) in [5.41, 5.74) is 5.59. The highest BCUT2D eigenvalue weighted by Gasteiger charge is 2.21. The molecule has 1 saturated heterocycles. The largest absolute Gasteiger partial charge is 0.342 e. The summed E-state index contributed by atoms with van der Waals surface area (Å²) >= 11 is 1.49. The van der Waals surface area contributed by atoms with E-state index in [2.05, 4.69) is 60.5 Å². The molecule has 3 heterocycles. The third kappa shape index (κ3) is 3.43. The van der Waals surface area contributed by atoms with Gasteiger partial charge >= 0.3 is 0 Å². The summed E-state index contributed by atoms with van der Waals surface area (Å²) < 4.78 is 2.10. The maximum atomic E-state index is 12.6. The number of nitrogens with zero attached hydrogens (tertiary/aromatic N) is 4. The van der Waals surface area contributed by atoms with E-state index < -0.39 is 0 Å². The molecule has 1 amide bonds. The van der Waals surface area contributed by atoms with Gasteiger partial charge in [0.2, 0.25) is 5.91 Å². The van der Waals surface area contributed by atoms with E-state index in [0.29, 0.717) is 5.75 Å². The lowest BCUT2D eigenvalue weighted by atomic mass is 9.99. The number of carbonyl (C=O) groups is 1. The summed E-state index contributed by atoms with van der Waals surface area (Å²) in [6.45, 7) is 10.3. The Morgan fingerprint density at radius 3 is 2.48 bits per heavy atom. The van der Waals surface area contributed by atoms with Gasteiger partial charge in [0.25, 0.3) is 0 Å². The van der Waals surface area contributed by atoms with E-state index >= 15 is 0 Å². The molecule has 2 aromatic heterocycles. The van der Waals surface area contributed by atoms with Gasteiger partial charge in [-0.1, -0.05) is 18.7 Å². The first kappa shape index (κ1) is 18.3. The van der Waals surface area contributed by atoms with Crippen molar-refractivity contribution in [1.82, 2.24) is 19.5 Å². The number of rotatable bonds is 3. The minimum Gasteiger partial charge on any atom is -0.342 e. The van der Waals surface area contributed by atoms with Gasteiger partial charge in [-0.15, -0.1) is 10.2 Å². The van der Waals surface area contributed by atoms with Gasteiger partial charge in [-0.3, -0.25) is 9.20 Å². The Morgan fingerprint density at radius 2 is 1.74 bits per heavy atom. The van der Waals surface area contributed by atoms with Crippen LogP contribution in [0.15, 0.2) is 23.4 Å². The minimum absolute atomic E-state index is 0.202. The highest BCUT2D eigenvalue weighted by molar-refractivity contribution is 7.99. The molecular formula is C21H26N4OS. The van der Waals surface area contributed by atoms with Crippen LogP contribution in [-0.2, 0) is 4.79 Å². The zero-order chi connectivity index (χ0) is 19.1. The Balaban J connectivity index is 1.64. The SMILES string of the molecule is Cc1cc2cc(C)c3nnc(SCC(=O)N4CCC(C)CC4)n3c2cc1C.